The molecule has 0 amide bonds. The molecule has 0 aliphatic heterocycles. The van der Waals surface area contributed by atoms with Crippen LogP contribution in [0.5, 0.6) is 0 Å². The van der Waals surface area contributed by atoms with Gasteiger partial charge in [-0.2, -0.15) is 0 Å². The van der Waals surface area contributed by atoms with Gasteiger partial charge in [0.25, 0.3) is 0 Å². The Hall–Kier alpha value is -0.530. The van der Waals surface area contributed by atoms with Crippen molar-refractivity contribution in [1.29, 1.82) is 0 Å². The highest BCUT2D eigenvalue weighted by molar-refractivity contribution is 6.32. The van der Waals surface area contributed by atoms with Crippen molar-refractivity contribution in [2.45, 2.75) is 33.3 Å². The lowest BCUT2D eigenvalue weighted by molar-refractivity contribution is 0.195. The van der Waals surface area contributed by atoms with Gasteiger partial charge in [0, 0.05) is 5.02 Å². The second-order valence-electron chi connectivity index (χ2n) is 3.60. The molecular formula is C11H15ClO. The molecule has 0 saturated heterocycles. The van der Waals surface area contributed by atoms with Gasteiger partial charge in [0.2, 0.25) is 0 Å². The highest BCUT2D eigenvalue weighted by Crippen LogP contribution is 2.22. The Bertz CT molecular complexity index is 282. The summed E-state index contributed by atoms with van der Waals surface area (Å²) in [7, 11) is 0. The average Bonchev–Trinajstić information content (AvgIpc) is 1.98. The quantitative estimate of drug-likeness (QED) is 0.775. The van der Waals surface area contributed by atoms with Gasteiger partial charge in [0.15, 0.2) is 0 Å². The number of aliphatic hydroxyl groups is 1. The van der Waals surface area contributed by atoms with E-state index in [9.17, 15) is 5.11 Å². The van der Waals surface area contributed by atoms with Crippen LogP contribution in [0.3, 0.4) is 0 Å². The summed E-state index contributed by atoms with van der Waals surface area (Å²) in [5.74, 6) is 0. The van der Waals surface area contributed by atoms with E-state index in [0.29, 0.717) is 6.42 Å². The molecule has 1 aromatic carbocycles. The molecular weight excluding hydrogens is 184 g/mol. The zero-order valence-corrected chi connectivity index (χ0v) is 9.02. The van der Waals surface area contributed by atoms with E-state index in [1.54, 1.807) is 6.92 Å². The largest absolute Gasteiger partial charge is 0.393 e. The molecule has 1 atom stereocenters. The van der Waals surface area contributed by atoms with E-state index < -0.39 is 0 Å². The Labute approximate surface area is 84.4 Å². The maximum atomic E-state index is 9.22. The van der Waals surface area contributed by atoms with E-state index >= 15 is 0 Å². The molecule has 0 aliphatic carbocycles. The lowest BCUT2D eigenvalue weighted by Crippen LogP contribution is -2.04. The zero-order valence-electron chi connectivity index (χ0n) is 8.26. The number of aryl methyl sites for hydroxylation is 2. The fourth-order valence-corrected chi connectivity index (χ4v) is 1.60. The van der Waals surface area contributed by atoms with Gasteiger partial charge in [-0.15, -0.1) is 0 Å². The van der Waals surface area contributed by atoms with Crippen molar-refractivity contribution >= 4 is 11.6 Å². The highest BCUT2D eigenvalue weighted by Gasteiger charge is 2.04. The summed E-state index contributed by atoms with van der Waals surface area (Å²) in [6.07, 6.45) is 0.402. The number of rotatable bonds is 2. The van der Waals surface area contributed by atoms with Crippen molar-refractivity contribution in [3.05, 3.63) is 33.8 Å². The number of benzene rings is 1. The highest BCUT2D eigenvalue weighted by atomic mass is 35.5. The van der Waals surface area contributed by atoms with E-state index in [0.717, 1.165) is 21.7 Å². The monoisotopic (exact) mass is 198 g/mol. The van der Waals surface area contributed by atoms with Gasteiger partial charge in [-0.1, -0.05) is 23.7 Å². The first-order valence-corrected chi connectivity index (χ1v) is 4.82. The van der Waals surface area contributed by atoms with Crippen molar-refractivity contribution in [2.75, 3.05) is 0 Å². The first-order valence-electron chi connectivity index (χ1n) is 4.44. The Morgan fingerprint density at radius 3 is 2.15 bits per heavy atom. The molecule has 0 spiro atoms. The van der Waals surface area contributed by atoms with Crippen molar-refractivity contribution in [3.8, 4) is 0 Å². The lowest BCUT2D eigenvalue weighted by atomic mass is 10.0. The smallest absolute Gasteiger partial charge is 0.0552 e. The number of aliphatic hydroxyl groups excluding tert-OH is 1. The maximum Gasteiger partial charge on any atom is 0.0552 e. The van der Waals surface area contributed by atoms with Crippen LogP contribution in [-0.2, 0) is 6.42 Å². The molecule has 1 rings (SSSR count). The third-order valence-electron chi connectivity index (χ3n) is 2.03. The zero-order chi connectivity index (χ0) is 10.0. The molecule has 0 unspecified atom stereocenters. The molecule has 0 heterocycles. The van der Waals surface area contributed by atoms with E-state index in [-0.39, 0.29) is 6.10 Å². The van der Waals surface area contributed by atoms with Crippen LogP contribution in [0.15, 0.2) is 12.1 Å². The van der Waals surface area contributed by atoms with Crippen LogP contribution in [-0.4, -0.2) is 11.2 Å². The van der Waals surface area contributed by atoms with Crippen molar-refractivity contribution in [2.24, 2.45) is 0 Å². The van der Waals surface area contributed by atoms with Crippen LogP contribution in [0.4, 0.5) is 0 Å². The van der Waals surface area contributed by atoms with E-state index in [2.05, 4.69) is 0 Å². The Kier molecular flexibility index (Phi) is 3.34. The minimum Gasteiger partial charge on any atom is -0.393 e. The predicted molar refractivity (Wildman–Crippen MR) is 56.3 cm³/mol. The van der Waals surface area contributed by atoms with Gasteiger partial charge in [-0.05, 0) is 43.9 Å². The molecule has 13 heavy (non-hydrogen) atoms. The molecule has 1 nitrogen and oxygen atoms in total. The van der Waals surface area contributed by atoms with E-state index in [1.165, 1.54) is 0 Å². The summed E-state index contributed by atoms with van der Waals surface area (Å²) >= 11 is 6.02. The summed E-state index contributed by atoms with van der Waals surface area (Å²) in [6.45, 7) is 5.76. The van der Waals surface area contributed by atoms with Crippen LogP contribution >= 0.6 is 11.6 Å². The minimum absolute atomic E-state index is 0.292. The third-order valence-corrected chi connectivity index (χ3v) is 2.62. The second kappa shape index (κ2) is 4.12. The van der Waals surface area contributed by atoms with Gasteiger partial charge in [-0.3, -0.25) is 0 Å². The summed E-state index contributed by atoms with van der Waals surface area (Å²) in [5, 5.41) is 10.1. The summed E-state index contributed by atoms with van der Waals surface area (Å²) < 4.78 is 0. The molecule has 0 fully saturated rings. The molecule has 1 N–H and O–H groups in total. The average molecular weight is 199 g/mol. The topological polar surface area (TPSA) is 20.2 Å². The molecule has 0 aromatic heterocycles. The fourth-order valence-electron chi connectivity index (χ4n) is 1.49. The normalized spacial score (nSPS) is 13.0. The molecule has 0 bridgehead atoms. The minimum atomic E-state index is -0.292. The van der Waals surface area contributed by atoms with E-state index in [1.807, 2.05) is 26.0 Å². The molecule has 2 heteroatoms. The van der Waals surface area contributed by atoms with Gasteiger partial charge >= 0.3 is 0 Å². The summed E-state index contributed by atoms with van der Waals surface area (Å²) in [6, 6.07) is 4.06. The van der Waals surface area contributed by atoms with Crippen LogP contribution in [0.2, 0.25) is 5.02 Å². The van der Waals surface area contributed by atoms with Crippen molar-refractivity contribution in [3.63, 3.8) is 0 Å². The van der Waals surface area contributed by atoms with Crippen LogP contribution in [0.25, 0.3) is 0 Å². The molecule has 0 saturated carbocycles. The fraction of sp³-hybridized carbons (Fsp3) is 0.455. The lowest BCUT2D eigenvalue weighted by Gasteiger charge is -2.08. The summed E-state index contributed by atoms with van der Waals surface area (Å²) in [4.78, 5) is 0. The van der Waals surface area contributed by atoms with Gasteiger partial charge in [-0.25, -0.2) is 0 Å². The van der Waals surface area contributed by atoms with Gasteiger partial charge < -0.3 is 5.11 Å². The molecule has 0 aliphatic rings. The maximum absolute atomic E-state index is 9.22. The van der Waals surface area contributed by atoms with Crippen LogP contribution in [0.1, 0.15) is 23.6 Å². The van der Waals surface area contributed by atoms with Crippen LogP contribution in [0, 0.1) is 13.8 Å². The predicted octanol–water partition coefficient (Wildman–Crippen LogP) is 2.88. The number of halogens is 1. The molecule has 72 valence electrons. The van der Waals surface area contributed by atoms with Crippen molar-refractivity contribution < 1.29 is 5.11 Å². The SMILES string of the molecule is Cc1cc(C[C@H](C)O)cc(C)c1Cl. The Morgan fingerprint density at radius 1 is 1.31 bits per heavy atom. The van der Waals surface area contributed by atoms with Crippen molar-refractivity contribution in [1.82, 2.24) is 0 Å². The van der Waals surface area contributed by atoms with Gasteiger partial charge in [0.05, 0.1) is 6.10 Å². The van der Waals surface area contributed by atoms with Gasteiger partial charge in [0.1, 0.15) is 0 Å². The molecule has 0 radical (unpaired) electrons. The standard InChI is InChI=1S/C11H15ClO/c1-7-4-10(6-9(3)13)5-8(2)11(7)12/h4-5,9,13H,6H2,1-3H3/t9-/m0/s1. The first-order chi connectivity index (χ1) is 6.00. The first kappa shape index (κ1) is 10.6. The number of hydrogen-bond donors (Lipinski definition) is 1. The Morgan fingerprint density at radius 2 is 1.77 bits per heavy atom. The summed E-state index contributed by atoms with van der Waals surface area (Å²) in [5.41, 5.74) is 3.31. The van der Waals surface area contributed by atoms with E-state index in [4.69, 9.17) is 11.6 Å². The number of hydrogen-bond acceptors (Lipinski definition) is 1. The second-order valence-corrected chi connectivity index (χ2v) is 3.97. The van der Waals surface area contributed by atoms with Crippen LogP contribution < -0.4 is 0 Å². The molecule has 1 aromatic rings. The third kappa shape index (κ3) is 2.71. The Balaban J connectivity index is 2.99.